The molecule has 1 aliphatic carbocycles. The summed E-state index contributed by atoms with van der Waals surface area (Å²) in [5.41, 5.74) is 6.88. The number of aryl methyl sites for hydroxylation is 2. The fourth-order valence-corrected chi connectivity index (χ4v) is 2.82. The molecule has 2 nitrogen and oxygen atoms in total. The van der Waals surface area contributed by atoms with E-state index >= 15 is 0 Å². The van der Waals surface area contributed by atoms with Crippen LogP contribution >= 0.6 is 0 Å². The van der Waals surface area contributed by atoms with E-state index in [-0.39, 0.29) is 0 Å². The Balaban J connectivity index is 1.64. The van der Waals surface area contributed by atoms with Gasteiger partial charge in [0.25, 0.3) is 0 Å². The minimum Gasteiger partial charge on any atom is -0.381 e. The highest BCUT2D eigenvalue weighted by atomic mass is 15.1. The summed E-state index contributed by atoms with van der Waals surface area (Å²) in [6, 6.07) is 15.5. The lowest BCUT2D eigenvalue weighted by atomic mass is 10.1. The third-order valence-corrected chi connectivity index (χ3v) is 4.04. The highest BCUT2D eigenvalue weighted by molar-refractivity contribution is 5.54. The average Bonchev–Trinajstić information content (AvgIpc) is 2.93. The molecule has 0 aromatic heterocycles. The fourth-order valence-electron chi connectivity index (χ4n) is 2.82. The molecule has 0 spiro atoms. The summed E-state index contributed by atoms with van der Waals surface area (Å²) in [5, 5.41) is 3.50. The second kappa shape index (κ2) is 5.58. The maximum Gasteiger partial charge on any atom is 0.0400 e. The average molecular weight is 266 g/mol. The largest absolute Gasteiger partial charge is 0.381 e. The van der Waals surface area contributed by atoms with E-state index < -0.39 is 0 Å². The lowest BCUT2D eigenvalue weighted by Gasteiger charge is -2.13. The van der Waals surface area contributed by atoms with Gasteiger partial charge < -0.3 is 10.2 Å². The van der Waals surface area contributed by atoms with Crippen LogP contribution in [0.15, 0.2) is 42.5 Å². The highest BCUT2D eigenvalue weighted by Crippen LogP contribution is 2.23. The van der Waals surface area contributed by atoms with Crippen LogP contribution in [-0.2, 0) is 19.4 Å². The molecule has 0 atom stereocenters. The van der Waals surface area contributed by atoms with E-state index in [4.69, 9.17) is 0 Å². The fraction of sp³-hybridized carbons (Fsp3) is 0.333. The Morgan fingerprint density at radius 3 is 2.45 bits per heavy atom. The Hall–Kier alpha value is -1.96. The van der Waals surface area contributed by atoms with Crippen LogP contribution in [0.5, 0.6) is 0 Å². The Morgan fingerprint density at radius 2 is 1.70 bits per heavy atom. The summed E-state index contributed by atoms with van der Waals surface area (Å²) < 4.78 is 0. The predicted octanol–water partition coefficient (Wildman–Crippen LogP) is 3.85. The number of rotatable bonds is 4. The molecule has 0 saturated heterocycles. The monoisotopic (exact) mass is 266 g/mol. The smallest absolute Gasteiger partial charge is 0.0400 e. The minimum atomic E-state index is 0.897. The normalized spacial score (nSPS) is 13.1. The number of nitrogens with zero attached hydrogens (tertiary/aromatic N) is 1. The third kappa shape index (κ3) is 2.79. The van der Waals surface area contributed by atoms with Gasteiger partial charge in [-0.25, -0.2) is 0 Å². The van der Waals surface area contributed by atoms with Gasteiger partial charge >= 0.3 is 0 Å². The third-order valence-electron chi connectivity index (χ3n) is 4.04. The minimum absolute atomic E-state index is 0.897. The molecular formula is C18H22N2. The van der Waals surface area contributed by atoms with E-state index in [9.17, 15) is 0 Å². The molecule has 1 N–H and O–H groups in total. The van der Waals surface area contributed by atoms with Crippen molar-refractivity contribution in [1.29, 1.82) is 0 Å². The molecule has 0 aliphatic heterocycles. The number of fused-ring (bicyclic) bond motifs is 1. The number of nitrogens with one attached hydrogen (secondary N) is 1. The highest BCUT2D eigenvalue weighted by Gasteiger charge is 2.10. The molecule has 0 bridgehead atoms. The van der Waals surface area contributed by atoms with Gasteiger partial charge in [-0.3, -0.25) is 0 Å². The molecular weight excluding hydrogens is 244 g/mol. The molecule has 0 unspecified atom stereocenters. The van der Waals surface area contributed by atoms with Crippen molar-refractivity contribution in [2.24, 2.45) is 0 Å². The maximum atomic E-state index is 3.50. The van der Waals surface area contributed by atoms with E-state index in [0.29, 0.717) is 0 Å². The number of hydrogen-bond acceptors (Lipinski definition) is 2. The zero-order valence-electron chi connectivity index (χ0n) is 12.3. The van der Waals surface area contributed by atoms with Gasteiger partial charge in [-0.05, 0) is 60.2 Å². The van der Waals surface area contributed by atoms with Crippen LogP contribution < -0.4 is 10.2 Å². The molecule has 2 heteroatoms. The van der Waals surface area contributed by atoms with Crippen molar-refractivity contribution in [2.75, 3.05) is 24.3 Å². The standard InChI is InChI=1S/C18H22N2/c1-20(2)18-10-8-17(9-11-18)19-13-14-6-7-15-4-3-5-16(15)12-14/h6-12,19H,3-5,13H2,1-2H3. The van der Waals surface area contributed by atoms with Gasteiger partial charge in [-0.1, -0.05) is 18.2 Å². The molecule has 20 heavy (non-hydrogen) atoms. The first-order chi connectivity index (χ1) is 9.72. The van der Waals surface area contributed by atoms with Crippen molar-refractivity contribution in [3.8, 4) is 0 Å². The van der Waals surface area contributed by atoms with Gasteiger partial charge in [0.2, 0.25) is 0 Å². The SMILES string of the molecule is CN(C)c1ccc(NCc2ccc3c(c2)CCC3)cc1. The van der Waals surface area contributed by atoms with Gasteiger partial charge in [-0.2, -0.15) is 0 Å². The summed E-state index contributed by atoms with van der Waals surface area (Å²) in [6.07, 6.45) is 3.83. The Labute approximate surface area is 121 Å². The van der Waals surface area contributed by atoms with Crippen molar-refractivity contribution in [3.63, 3.8) is 0 Å². The Kier molecular flexibility index (Phi) is 3.64. The molecule has 0 heterocycles. The van der Waals surface area contributed by atoms with E-state index in [1.54, 1.807) is 11.1 Å². The molecule has 1 aliphatic rings. The first kappa shape index (κ1) is 13.0. The number of anilines is 2. The van der Waals surface area contributed by atoms with Crippen LogP contribution in [-0.4, -0.2) is 14.1 Å². The van der Waals surface area contributed by atoms with Crippen LogP contribution in [0.1, 0.15) is 23.1 Å². The first-order valence-electron chi connectivity index (χ1n) is 7.34. The van der Waals surface area contributed by atoms with Gasteiger partial charge in [0.15, 0.2) is 0 Å². The summed E-state index contributed by atoms with van der Waals surface area (Å²) in [7, 11) is 4.12. The number of benzene rings is 2. The first-order valence-corrected chi connectivity index (χ1v) is 7.34. The summed E-state index contributed by atoms with van der Waals surface area (Å²) in [6.45, 7) is 0.897. The molecule has 2 aromatic carbocycles. The summed E-state index contributed by atoms with van der Waals surface area (Å²) in [5.74, 6) is 0. The van der Waals surface area contributed by atoms with E-state index in [1.807, 2.05) is 0 Å². The van der Waals surface area contributed by atoms with Crippen molar-refractivity contribution in [3.05, 3.63) is 59.2 Å². The van der Waals surface area contributed by atoms with Crippen molar-refractivity contribution >= 4 is 11.4 Å². The molecule has 2 aromatic rings. The van der Waals surface area contributed by atoms with E-state index in [2.05, 4.69) is 66.8 Å². The van der Waals surface area contributed by atoms with Gasteiger partial charge in [-0.15, -0.1) is 0 Å². The van der Waals surface area contributed by atoms with E-state index in [1.165, 1.54) is 36.2 Å². The topological polar surface area (TPSA) is 15.3 Å². The zero-order valence-corrected chi connectivity index (χ0v) is 12.3. The predicted molar refractivity (Wildman–Crippen MR) is 86.6 cm³/mol. The Morgan fingerprint density at radius 1 is 0.950 bits per heavy atom. The lowest BCUT2D eigenvalue weighted by molar-refractivity contribution is 0.911. The van der Waals surface area contributed by atoms with E-state index in [0.717, 1.165) is 6.54 Å². The van der Waals surface area contributed by atoms with Crippen molar-refractivity contribution in [1.82, 2.24) is 0 Å². The zero-order chi connectivity index (χ0) is 13.9. The molecule has 0 radical (unpaired) electrons. The van der Waals surface area contributed by atoms with Crippen LogP contribution in [0.4, 0.5) is 11.4 Å². The van der Waals surface area contributed by atoms with Gasteiger partial charge in [0, 0.05) is 32.0 Å². The molecule has 3 rings (SSSR count). The van der Waals surface area contributed by atoms with Crippen LogP contribution in [0, 0.1) is 0 Å². The van der Waals surface area contributed by atoms with Gasteiger partial charge in [0.05, 0.1) is 0 Å². The van der Waals surface area contributed by atoms with Crippen LogP contribution in [0.2, 0.25) is 0 Å². The quantitative estimate of drug-likeness (QED) is 0.904. The lowest BCUT2D eigenvalue weighted by Crippen LogP contribution is -2.08. The second-order valence-corrected chi connectivity index (χ2v) is 5.75. The summed E-state index contributed by atoms with van der Waals surface area (Å²) >= 11 is 0. The molecule has 0 fully saturated rings. The molecule has 0 saturated carbocycles. The van der Waals surface area contributed by atoms with Gasteiger partial charge in [0.1, 0.15) is 0 Å². The van der Waals surface area contributed by atoms with Crippen molar-refractivity contribution in [2.45, 2.75) is 25.8 Å². The van der Waals surface area contributed by atoms with Crippen LogP contribution in [0.3, 0.4) is 0 Å². The van der Waals surface area contributed by atoms with Crippen molar-refractivity contribution < 1.29 is 0 Å². The number of hydrogen-bond donors (Lipinski definition) is 1. The summed E-state index contributed by atoms with van der Waals surface area (Å²) in [4.78, 5) is 2.12. The maximum absolute atomic E-state index is 3.50. The second-order valence-electron chi connectivity index (χ2n) is 5.75. The van der Waals surface area contributed by atoms with Crippen LogP contribution in [0.25, 0.3) is 0 Å². The Bertz CT molecular complexity index is 585. The molecule has 0 amide bonds. The molecule has 104 valence electrons.